The Balaban J connectivity index is 1.86. The van der Waals surface area contributed by atoms with E-state index >= 15 is 0 Å². The number of methoxy groups -OCH3 is 1. The van der Waals surface area contributed by atoms with Gasteiger partial charge in [-0.3, -0.25) is 4.68 Å². The fourth-order valence-electron chi connectivity index (χ4n) is 1.59. The van der Waals surface area contributed by atoms with Crippen LogP contribution in [-0.2, 0) is 18.2 Å². The smallest absolute Gasteiger partial charge is 0.358 e. The van der Waals surface area contributed by atoms with Crippen molar-refractivity contribution in [3.8, 4) is 0 Å². The molecule has 0 aromatic carbocycles. The predicted molar refractivity (Wildman–Crippen MR) is 68.8 cm³/mol. The van der Waals surface area contributed by atoms with Gasteiger partial charge in [0, 0.05) is 31.9 Å². The Kier molecular flexibility index (Phi) is 4.07. The van der Waals surface area contributed by atoms with Crippen LogP contribution in [0.3, 0.4) is 0 Å². The summed E-state index contributed by atoms with van der Waals surface area (Å²) < 4.78 is 6.37. The van der Waals surface area contributed by atoms with E-state index in [1.807, 2.05) is 17.8 Å². The lowest BCUT2D eigenvalue weighted by Crippen LogP contribution is -2.11. The maximum absolute atomic E-state index is 11.2. The number of rotatable bonds is 5. The molecule has 0 radical (unpaired) electrons. The van der Waals surface area contributed by atoms with Crippen LogP contribution < -0.4 is 5.32 Å². The summed E-state index contributed by atoms with van der Waals surface area (Å²) in [6.45, 7) is 0.714. The molecule has 100 valence electrons. The molecule has 0 saturated heterocycles. The third kappa shape index (κ3) is 3.27. The molecule has 0 unspecified atom stereocenters. The van der Waals surface area contributed by atoms with E-state index in [2.05, 4.69) is 25.1 Å². The summed E-state index contributed by atoms with van der Waals surface area (Å²) in [5.74, 6) is 0.128. The number of ether oxygens (including phenoxy) is 1. The number of nitrogens with one attached hydrogen (secondary N) is 1. The Labute approximate surface area is 110 Å². The van der Waals surface area contributed by atoms with Gasteiger partial charge in [-0.2, -0.15) is 5.10 Å². The number of hydrogen-bond acceptors (Lipinski definition) is 6. The van der Waals surface area contributed by atoms with Gasteiger partial charge in [0.2, 0.25) is 0 Å². The molecule has 7 nitrogen and oxygen atoms in total. The molecule has 0 aliphatic carbocycles. The Hall–Kier alpha value is -2.44. The first-order valence-electron chi connectivity index (χ1n) is 5.82. The van der Waals surface area contributed by atoms with Crippen LogP contribution in [0.4, 0.5) is 5.82 Å². The molecule has 1 N–H and O–H groups in total. The topological polar surface area (TPSA) is 81.9 Å². The minimum Gasteiger partial charge on any atom is -0.464 e. The second-order valence-electron chi connectivity index (χ2n) is 3.90. The molecule has 2 aromatic rings. The summed E-state index contributed by atoms with van der Waals surface area (Å²) in [4.78, 5) is 19.2. The molecule has 2 rings (SSSR count). The highest BCUT2D eigenvalue weighted by Gasteiger charge is 2.07. The van der Waals surface area contributed by atoms with Crippen LogP contribution in [0.15, 0.2) is 24.7 Å². The van der Waals surface area contributed by atoms with E-state index < -0.39 is 5.97 Å². The zero-order valence-electron chi connectivity index (χ0n) is 10.8. The van der Waals surface area contributed by atoms with E-state index in [0.29, 0.717) is 12.4 Å². The zero-order valence-corrected chi connectivity index (χ0v) is 10.8. The lowest BCUT2D eigenvalue weighted by molar-refractivity contribution is 0.0593. The molecule has 0 bridgehead atoms. The average Bonchev–Trinajstić information content (AvgIpc) is 2.84. The molecule has 0 spiro atoms. The van der Waals surface area contributed by atoms with Crippen LogP contribution in [0.2, 0.25) is 0 Å². The summed E-state index contributed by atoms with van der Waals surface area (Å²) in [5.41, 5.74) is 1.33. The Morgan fingerprint density at radius 1 is 1.42 bits per heavy atom. The molecule has 0 aliphatic heterocycles. The van der Waals surface area contributed by atoms with Crippen LogP contribution in [0.5, 0.6) is 0 Å². The normalized spacial score (nSPS) is 10.2. The van der Waals surface area contributed by atoms with Crippen LogP contribution in [0.25, 0.3) is 0 Å². The summed E-state index contributed by atoms with van der Waals surface area (Å²) in [5, 5.41) is 7.22. The van der Waals surface area contributed by atoms with E-state index in [4.69, 9.17) is 0 Å². The Morgan fingerprint density at radius 2 is 2.26 bits per heavy atom. The van der Waals surface area contributed by atoms with E-state index in [0.717, 1.165) is 12.1 Å². The molecule has 7 heteroatoms. The third-order valence-electron chi connectivity index (χ3n) is 2.66. The third-order valence-corrected chi connectivity index (χ3v) is 2.66. The van der Waals surface area contributed by atoms with Crippen molar-refractivity contribution < 1.29 is 9.53 Å². The van der Waals surface area contributed by atoms with Gasteiger partial charge >= 0.3 is 5.97 Å². The molecular weight excluding hydrogens is 246 g/mol. The first-order valence-corrected chi connectivity index (χ1v) is 5.82. The number of anilines is 1. The summed E-state index contributed by atoms with van der Waals surface area (Å²) in [6.07, 6.45) is 5.49. The minimum atomic E-state index is -0.492. The van der Waals surface area contributed by atoms with Gasteiger partial charge in [0.15, 0.2) is 5.69 Å². The SMILES string of the molecule is COC(=O)c1cnc(NCCc2ccnn2C)cn1. The predicted octanol–water partition coefficient (Wildman–Crippen LogP) is 0.651. The maximum Gasteiger partial charge on any atom is 0.358 e. The highest BCUT2D eigenvalue weighted by molar-refractivity contribution is 5.86. The van der Waals surface area contributed by atoms with Gasteiger partial charge in [-0.25, -0.2) is 14.8 Å². The van der Waals surface area contributed by atoms with E-state index in [9.17, 15) is 4.79 Å². The lowest BCUT2D eigenvalue weighted by atomic mass is 10.3. The van der Waals surface area contributed by atoms with Crippen LogP contribution in [0, 0.1) is 0 Å². The van der Waals surface area contributed by atoms with Crippen molar-refractivity contribution in [3.05, 3.63) is 36.0 Å². The van der Waals surface area contributed by atoms with E-state index in [1.165, 1.54) is 19.5 Å². The molecule has 0 amide bonds. The van der Waals surface area contributed by atoms with Crippen molar-refractivity contribution in [1.82, 2.24) is 19.7 Å². The maximum atomic E-state index is 11.2. The minimum absolute atomic E-state index is 0.194. The van der Waals surface area contributed by atoms with Gasteiger partial charge in [0.05, 0.1) is 19.5 Å². The number of carbonyl (C=O) groups is 1. The number of aryl methyl sites for hydroxylation is 1. The molecular formula is C12H15N5O2. The van der Waals surface area contributed by atoms with Gasteiger partial charge in [-0.1, -0.05) is 0 Å². The van der Waals surface area contributed by atoms with E-state index in [-0.39, 0.29) is 5.69 Å². The summed E-state index contributed by atoms with van der Waals surface area (Å²) in [7, 11) is 3.21. The number of carbonyl (C=O) groups excluding carboxylic acids is 1. The van der Waals surface area contributed by atoms with Crippen molar-refractivity contribution in [1.29, 1.82) is 0 Å². The molecule has 0 atom stereocenters. The first kappa shape index (κ1) is 13.0. The van der Waals surface area contributed by atoms with E-state index in [1.54, 1.807) is 6.20 Å². The highest BCUT2D eigenvalue weighted by atomic mass is 16.5. The molecule has 2 aromatic heterocycles. The monoisotopic (exact) mass is 261 g/mol. The Morgan fingerprint density at radius 3 is 2.84 bits per heavy atom. The second-order valence-corrected chi connectivity index (χ2v) is 3.90. The lowest BCUT2D eigenvalue weighted by Gasteiger charge is -2.05. The van der Waals surface area contributed by atoms with Crippen molar-refractivity contribution in [2.45, 2.75) is 6.42 Å². The number of hydrogen-bond donors (Lipinski definition) is 1. The van der Waals surface area contributed by atoms with Crippen molar-refractivity contribution in [2.24, 2.45) is 7.05 Å². The number of esters is 1. The van der Waals surface area contributed by atoms with Gasteiger partial charge in [0.25, 0.3) is 0 Å². The van der Waals surface area contributed by atoms with Gasteiger partial charge in [-0.15, -0.1) is 0 Å². The highest BCUT2D eigenvalue weighted by Crippen LogP contribution is 2.03. The number of aromatic nitrogens is 4. The van der Waals surface area contributed by atoms with Crippen molar-refractivity contribution in [3.63, 3.8) is 0 Å². The second kappa shape index (κ2) is 5.94. The van der Waals surface area contributed by atoms with Gasteiger partial charge in [0.1, 0.15) is 5.82 Å². The molecule has 0 aliphatic rings. The van der Waals surface area contributed by atoms with Gasteiger partial charge < -0.3 is 10.1 Å². The fourth-order valence-corrected chi connectivity index (χ4v) is 1.59. The van der Waals surface area contributed by atoms with Crippen LogP contribution in [0.1, 0.15) is 16.2 Å². The average molecular weight is 261 g/mol. The molecule has 0 saturated carbocycles. The largest absolute Gasteiger partial charge is 0.464 e. The van der Waals surface area contributed by atoms with Crippen LogP contribution in [-0.4, -0.2) is 39.4 Å². The van der Waals surface area contributed by atoms with Gasteiger partial charge in [-0.05, 0) is 6.07 Å². The van der Waals surface area contributed by atoms with Crippen molar-refractivity contribution >= 4 is 11.8 Å². The Bertz CT molecular complexity index is 550. The summed E-state index contributed by atoms with van der Waals surface area (Å²) in [6, 6.07) is 1.97. The fraction of sp³-hybridized carbons (Fsp3) is 0.333. The van der Waals surface area contributed by atoms with Crippen LogP contribution >= 0.6 is 0 Å². The number of nitrogens with zero attached hydrogens (tertiary/aromatic N) is 4. The van der Waals surface area contributed by atoms with Crippen molar-refractivity contribution in [2.75, 3.05) is 19.0 Å². The molecule has 19 heavy (non-hydrogen) atoms. The molecule has 2 heterocycles. The molecule has 0 fully saturated rings. The summed E-state index contributed by atoms with van der Waals surface area (Å²) >= 11 is 0. The zero-order chi connectivity index (χ0) is 13.7. The first-order chi connectivity index (χ1) is 9.20. The quantitative estimate of drug-likeness (QED) is 0.796. The standard InChI is InChI=1S/C12H15N5O2/c1-17-9(4-6-16-17)3-5-13-11-8-14-10(7-15-11)12(18)19-2/h4,6-8H,3,5H2,1-2H3,(H,13,15).